The molecule has 0 atom stereocenters. The Morgan fingerprint density at radius 3 is 2.46 bits per heavy atom. The number of hydrogen-bond donors (Lipinski definition) is 1. The summed E-state index contributed by atoms with van der Waals surface area (Å²) in [5.41, 5.74) is 0.703. The zero-order valence-electron chi connectivity index (χ0n) is 13.7. The summed E-state index contributed by atoms with van der Waals surface area (Å²) in [6, 6.07) is 11.5. The fraction of sp³-hybridized carbons (Fsp3) is 0.235. The first kappa shape index (κ1) is 19.8. The van der Waals surface area contributed by atoms with E-state index in [1.807, 2.05) is 0 Å². The summed E-state index contributed by atoms with van der Waals surface area (Å²) in [5.74, 6) is -0.467. The largest absolute Gasteiger partial charge is 0.484 e. The summed E-state index contributed by atoms with van der Waals surface area (Å²) in [7, 11) is -3.44. The van der Waals surface area contributed by atoms with Gasteiger partial charge in [0.25, 0.3) is 5.91 Å². The molecule has 26 heavy (non-hydrogen) atoms. The van der Waals surface area contributed by atoms with Crippen LogP contribution in [0.15, 0.2) is 53.4 Å². The van der Waals surface area contributed by atoms with E-state index in [1.165, 1.54) is 42.5 Å². The monoisotopic (exact) mass is 387 g/mol. The minimum absolute atomic E-state index is 0.0210. The molecule has 1 amide bonds. The van der Waals surface area contributed by atoms with Crippen molar-refractivity contribution in [3.63, 3.8) is 0 Å². The molecule has 1 N–H and O–H groups in total. The highest BCUT2D eigenvalue weighted by molar-refractivity contribution is 7.90. The van der Waals surface area contributed by atoms with Gasteiger partial charge in [0.05, 0.1) is 4.90 Å². The van der Waals surface area contributed by atoms with E-state index in [2.05, 4.69) is 10.1 Å². The number of carbonyl (C=O) groups excluding carboxylic acids is 1. The average molecular weight is 387 g/mol. The van der Waals surface area contributed by atoms with Crippen molar-refractivity contribution in [1.29, 1.82) is 0 Å². The number of benzene rings is 2. The number of ether oxygens (including phenoxy) is 1. The number of alkyl halides is 3. The van der Waals surface area contributed by atoms with Crippen LogP contribution in [0.25, 0.3) is 0 Å². The predicted molar refractivity (Wildman–Crippen MR) is 88.7 cm³/mol. The van der Waals surface area contributed by atoms with Gasteiger partial charge in [0, 0.05) is 18.4 Å². The van der Waals surface area contributed by atoms with Crippen LogP contribution in [0.2, 0.25) is 0 Å². The first-order valence-corrected chi connectivity index (χ1v) is 9.30. The van der Waals surface area contributed by atoms with Gasteiger partial charge in [0.1, 0.15) is 5.75 Å². The lowest BCUT2D eigenvalue weighted by Gasteiger charge is -2.11. The predicted octanol–water partition coefficient (Wildman–Crippen LogP) is 2.96. The van der Waals surface area contributed by atoms with Crippen LogP contribution in [0, 0.1) is 0 Å². The number of sulfone groups is 1. The first-order valence-electron chi connectivity index (χ1n) is 7.41. The summed E-state index contributed by atoms with van der Waals surface area (Å²) >= 11 is 0. The van der Waals surface area contributed by atoms with E-state index < -0.39 is 28.5 Å². The van der Waals surface area contributed by atoms with Gasteiger partial charge in [-0.25, -0.2) is 8.42 Å². The number of halogens is 3. The third kappa shape index (κ3) is 6.07. The van der Waals surface area contributed by atoms with Gasteiger partial charge in [-0.05, 0) is 35.9 Å². The minimum atomic E-state index is -4.44. The van der Waals surface area contributed by atoms with Crippen LogP contribution in [0.1, 0.15) is 15.9 Å². The van der Waals surface area contributed by atoms with Gasteiger partial charge in [0.15, 0.2) is 16.4 Å². The molecule has 0 aliphatic heterocycles. The van der Waals surface area contributed by atoms with E-state index in [4.69, 9.17) is 0 Å². The molecule has 0 aliphatic rings. The molecule has 0 fully saturated rings. The Balaban J connectivity index is 2.02. The molecule has 2 aromatic rings. The van der Waals surface area contributed by atoms with Crippen molar-refractivity contribution in [3.8, 4) is 5.75 Å². The van der Waals surface area contributed by atoms with E-state index in [1.54, 1.807) is 6.07 Å². The van der Waals surface area contributed by atoms with Crippen molar-refractivity contribution in [3.05, 3.63) is 59.7 Å². The molecule has 0 aromatic heterocycles. The van der Waals surface area contributed by atoms with Crippen LogP contribution >= 0.6 is 0 Å². The second kappa shape index (κ2) is 7.77. The standard InChI is InChI=1S/C17H16F3NO4S/c1-26(23,24)15-7-3-5-13(9-15)16(22)21-10-12-4-2-6-14(8-12)25-11-17(18,19)20/h2-9H,10-11H2,1H3,(H,21,22). The Kier molecular flexibility index (Phi) is 5.91. The second-order valence-corrected chi connectivity index (χ2v) is 7.55. The Bertz CT molecular complexity index is 895. The van der Waals surface area contributed by atoms with Crippen LogP contribution in [0.4, 0.5) is 13.2 Å². The fourth-order valence-electron chi connectivity index (χ4n) is 2.06. The summed E-state index contributed by atoms with van der Waals surface area (Å²) < 4.78 is 64.2. The Morgan fingerprint density at radius 2 is 1.81 bits per heavy atom. The van der Waals surface area contributed by atoms with Gasteiger partial charge in [-0.2, -0.15) is 13.2 Å². The van der Waals surface area contributed by atoms with Gasteiger partial charge < -0.3 is 10.1 Å². The highest BCUT2D eigenvalue weighted by atomic mass is 32.2. The summed E-state index contributed by atoms with van der Waals surface area (Å²) in [5, 5.41) is 2.58. The van der Waals surface area contributed by atoms with Crippen molar-refractivity contribution < 1.29 is 31.1 Å². The lowest BCUT2D eigenvalue weighted by Crippen LogP contribution is -2.23. The van der Waals surface area contributed by atoms with Gasteiger partial charge in [0.2, 0.25) is 0 Å². The van der Waals surface area contributed by atoms with Crippen LogP contribution in [0.3, 0.4) is 0 Å². The lowest BCUT2D eigenvalue weighted by molar-refractivity contribution is -0.153. The summed E-state index contributed by atoms with van der Waals surface area (Å²) in [6.07, 6.45) is -3.40. The molecule has 0 aliphatic carbocycles. The molecule has 2 rings (SSSR count). The quantitative estimate of drug-likeness (QED) is 0.827. The number of carbonyl (C=O) groups is 1. The maximum absolute atomic E-state index is 12.2. The van der Waals surface area contributed by atoms with Crippen molar-refractivity contribution in [2.24, 2.45) is 0 Å². The molecular formula is C17H16F3NO4S. The molecule has 0 saturated carbocycles. The van der Waals surface area contributed by atoms with Gasteiger partial charge in [-0.1, -0.05) is 18.2 Å². The summed E-state index contributed by atoms with van der Waals surface area (Å²) in [6.45, 7) is -1.35. The van der Waals surface area contributed by atoms with Crippen LogP contribution < -0.4 is 10.1 Å². The van der Waals surface area contributed by atoms with E-state index in [-0.39, 0.29) is 22.8 Å². The second-order valence-electron chi connectivity index (χ2n) is 5.53. The smallest absolute Gasteiger partial charge is 0.422 e. The Hall–Kier alpha value is -2.55. The fourth-order valence-corrected chi connectivity index (χ4v) is 2.73. The molecule has 140 valence electrons. The normalized spacial score (nSPS) is 11.8. The summed E-state index contributed by atoms with van der Waals surface area (Å²) in [4.78, 5) is 12.2. The SMILES string of the molecule is CS(=O)(=O)c1cccc(C(=O)NCc2cccc(OCC(F)(F)F)c2)c1. The van der Waals surface area contributed by atoms with Crippen LogP contribution in [-0.2, 0) is 16.4 Å². The molecular weight excluding hydrogens is 371 g/mol. The van der Waals surface area contributed by atoms with E-state index in [0.29, 0.717) is 5.56 Å². The molecule has 0 unspecified atom stereocenters. The first-order chi connectivity index (χ1) is 12.0. The topological polar surface area (TPSA) is 72.5 Å². The Morgan fingerprint density at radius 1 is 1.12 bits per heavy atom. The van der Waals surface area contributed by atoms with Gasteiger partial charge >= 0.3 is 6.18 Å². The third-order valence-corrected chi connectivity index (χ3v) is 4.39. The number of amides is 1. The van der Waals surface area contributed by atoms with E-state index in [9.17, 15) is 26.4 Å². The zero-order valence-corrected chi connectivity index (χ0v) is 14.5. The van der Waals surface area contributed by atoms with E-state index >= 15 is 0 Å². The highest BCUT2D eigenvalue weighted by Gasteiger charge is 2.28. The maximum Gasteiger partial charge on any atom is 0.422 e. The molecule has 5 nitrogen and oxygen atoms in total. The molecule has 0 radical (unpaired) electrons. The van der Waals surface area contributed by atoms with Gasteiger partial charge in [-0.15, -0.1) is 0 Å². The maximum atomic E-state index is 12.2. The van der Waals surface area contributed by atoms with Crippen molar-refractivity contribution >= 4 is 15.7 Å². The molecule has 0 heterocycles. The molecule has 0 saturated heterocycles. The molecule has 2 aromatic carbocycles. The van der Waals surface area contributed by atoms with Gasteiger partial charge in [-0.3, -0.25) is 4.79 Å². The number of nitrogens with one attached hydrogen (secondary N) is 1. The van der Waals surface area contributed by atoms with E-state index in [0.717, 1.165) is 6.26 Å². The number of rotatable bonds is 6. The third-order valence-electron chi connectivity index (χ3n) is 3.28. The molecule has 0 spiro atoms. The van der Waals surface area contributed by atoms with Crippen molar-refractivity contribution in [2.45, 2.75) is 17.6 Å². The number of hydrogen-bond acceptors (Lipinski definition) is 4. The lowest BCUT2D eigenvalue weighted by atomic mass is 10.2. The zero-order chi connectivity index (χ0) is 19.4. The van der Waals surface area contributed by atoms with Crippen LogP contribution in [-0.4, -0.2) is 33.4 Å². The van der Waals surface area contributed by atoms with Crippen molar-refractivity contribution in [1.82, 2.24) is 5.32 Å². The molecule has 0 bridgehead atoms. The minimum Gasteiger partial charge on any atom is -0.484 e. The Labute approximate surface area is 148 Å². The van der Waals surface area contributed by atoms with Crippen molar-refractivity contribution in [2.75, 3.05) is 12.9 Å². The van der Waals surface area contributed by atoms with Crippen LogP contribution in [0.5, 0.6) is 5.75 Å². The average Bonchev–Trinajstić information content (AvgIpc) is 2.57. The highest BCUT2D eigenvalue weighted by Crippen LogP contribution is 2.19. The molecule has 9 heteroatoms.